The van der Waals surface area contributed by atoms with Crippen LogP contribution in [-0.4, -0.2) is 69.7 Å². The zero-order chi connectivity index (χ0) is 33.1. The SMILES string of the molecule is C=CC(=O)N1CCN(c2nc(=O)n(-c3cccnc3S(=O)(=O)C3CC3)c3nc(-c4c(F)cccc4C(F)(F)F)c(F)cc23)[C@@H](C)C1. The highest BCUT2D eigenvalue weighted by Gasteiger charge is 2.41. The standard InChI is InChI=1S/C30H25F5N6O4S/c1-3-23(42)39-12-13-40(16(2)15-39)26-18-14-21(32)25(24-19(30(33,34)35)6-4-7-20(24)31)37-27(18)41(29(43)38-26)22-8-5-11-36-28(22)46(44,45)17-9-10-17/h3-8,11,14,16-17H,1,9-10,12-13,15H2,2H3/t16-/m0/s1. The molecular weight excluding hydrogens is 635 g/mol. The first-order valence-electron chi connectivity index (χ1n) is 14.1. The molecule has 4 aromatic rings. The van der Waals surface area contributed by atoms with E-state index in [9.17, 15) is 31.2 Å². The summed E-state index contributed by atoms with van der Waals surface area (Å²) >= 11 is 0. The minimum Gasteiger partial charge on any atom is -0.350 e. The molecule has 1 atom stereocenters. The zero-order valence-electron chi connectivity index (χ0n) is 24.1. The summed E-state index contributed by atoms with van der Waals surface area (Å²) < 4.78 is 100. The van der Waals surface area contributed by atoms with E-state index in [2.05, 4.69) is 21.5 Å². The second kappa shape index (κ2) is 11.3. The third-order valence-corrected chi connectivity index (χ3v) is 10.2. The summed E-state index contributed by atoms with van der Waals surface area (Å²) in [5.41, 5.74) is -5.60. The van der Waals surface area contributed by atoms with Crippen molar-refractivity contribution in [2.75, 3.05) is 24.5 Å². The number of benzene rings is 1. The summed E-state index contributed by atoms with van der Waals surface area (Å²) in [6, 6.07) is 5.01. The Labute approximate surface area is 258 Å². The van der Waals surface area contributed by atoms with Gasteiger partial charge in [0, 0.05) is 31.9 Å². The van der Waals surface area contributed by atoms with Crippen LogP contribution in [0.25, 0.3) is 28.0 Å². The third-order valence-electron chi connectivity index (χ3n) is 7.97. The lowest BCUT2D eigenvalue weighted by Gasteiger charge is -2.40. The largest absolute Gasteiger partial charge is 0.417 e. The second-order valence-corrected chi connectivity index (χ2v) is 13.1. The number of rotatable bonds is 6. The molecule has 3 aromatic heterocycles. The van der Waals surface area contributed by atoms with Crippen LogP contribution in [0.4, 0.5) is 27.8 Å². The molecular formula is C30H25F5N6O4S. The highest BCUT2D eigenvalue weighted by atomic mass is 32.2. The van der Waals surface area contributed by atoms with E-state index in [0.717, 1.165) is 22.8 Å². The van der Waals surface area contributed by atoms with Gasteiger partial charge in [0.2, 0.25) is 15.7 Å². The molecule has 6 rings (SSSR count). The minimum absolute atomic E-state index is 0.104. The molecule has 4 heterocycles. The lowest BCUT2D eigenvalue weighted by molar-refractivity contribution is -0.137. The van der Waals surface area contributed by atoms with Gasteiger partial charge in [-0.2, -0.15) is 18.2 Å². The molecule has 1 amide bonds. The Hall–Kier alpha value is -4.73. The van der Waals surface area contributed by atoms with Crippen LogP contribution in [0.3, 0.4) is 0 Å². The number of hydrogen-bond donors (Lipinski definition) is 0. The number of anilines is 1. The van der Waals surface area contributed by atoms with Gasteiger partial charge in [-0.05, 0) is 56.2 Å². The number of amides is 1. The van der Waals surface area contributed by atoms with Crippen LogP contribution < -0.4 is 10.6 Å². The molecule has 46 heavy (non-hydrogen) atoms. The van der Waals surface area contributed by atoms with E-state index in [0.29, 0.717) is 25.0 Å². The van der Waals surface area contributed by atoms with E-state index < -0.39 is 72.1 Å². The average Bonchev–Trinajstić information content (AvgIpc) is 3.87. The van der Waals surface area contributed by atoms with Crippen LogP contribution in [0.5, 0.6) is 0 Å². The average molecular weight is 661 g/mol. The first-order chi connectivity index (χ1) is 21.7. The smallest absolute Gasteiger partial charge is 0.350 e. The first-order valence-corrected chi connectivity index (χ1v) is 15.6. The predicted molar refractivity (Wildman–Crippen MR) is 157 cm³/mol. The van der Waals surface area contributed by atoms with Crippen LogP contribution in [0.2, 0.25) is 0 Å². The van der Waals surface area contributed by atoms with Crippen LogP contribution in [0.15, 0.2) is 65.1 Å². The van der Waals surface area contributed by atoms with Crippen molar-refractivity contribution in [2.24, 2.45) is 0 Å². The van der Waals surface area contributed by atoms with E-state index >= 15 is 8.78 Å². The lowest BCUT2D eigenvalue weighted by atomic mass is 10.0. The van der Waals surface area contributed by atoms with Gasteiger partial charge in [0.25, 0.3) is 0 Å². The zero-order valence-corrected chi connectivity index (χ0v) is 24.9. The van der Waals surface area contributed by atoms with Gasteiger partial charge in [0.05, 0.1) is 27.5 Å². The van der Waals surface area contributed by atoms with Crippen LogP contribution in [0, 0.1) is 11.6 Å². The Morgan fingerprint density at radius 1 is 1.07 bits per heavy atom. The van der Waals surface area contributed by atoms with Gasteiger partial charge in [0.1, 0.15) is 17.3 Å². The Morgan fingerprint density at radius 2 is 1.80 bits per heavy atom. The Balaban J connectivity index is 1.66. The Kier molecular flexibility index (Phi) is 7.65. The van der Waals surface area contributed by atoms with E-state index in [1.165, 1.54) is 23.2 Å². The van der Waals surface area contributed by atoms with Gasteiger partial charge in [-0.15, -0.1) is 0 Å². The molecule has 0 bridgehead atoms. The molecule has 0 spiro atoms. The molecule has 0 unspecified atom stereocenters. The summed E-state index contributed by atoms with van der Waals surface area (Å²) in [7, 11) is -4.05. The number of pyridine rings is 2. The molecule has 2 fully saturated rings. The van der Waals surface area contributed by atoms with E-state index in [1.54, 1.807) is 11.8 Å². The number of nitrogens with zero attached hydrogens (tertiary/aromatic N) is 6. The highest BCUT2D eigenvalue weighted by Crippen LogP contribution is 2.41. The molecule has 240 valence electrons. The van der Waals surface area contributed by atoms with Crippen LogP contribution in [-0.2, 0) is 20.8 Å². The van der Waals surface area contributed by atoms with Gasteiger partial charge >= 0.3 is 11.9 Å². The van der Waals surface area contributed by atoms with Gasteiger partial charge < -0.3 is 9.80 Å². The van der Waals surface area contributed by atoms with Crippen molar-refractivity contribution in [3.63, 3.8) is 0 Å². The minimum atomic E-state index is -5.10. The number of carbonyl (C=O) groups is 1. The Morgan fingerprint density at radius 3 is 2.46 bits per heavy atom. The van der Waals surface area contributed by atoms with Gasteiger partial charge in [0.15, 0.2) is 16.5 Å². The molecule has 0 N–H and O–H groups in total. The van der Waals surface area contributed by atoms with Gasteiger partial charge in [-0.25, -0.2) is 36.5 Å². The van der Waals surface area contributed by atoms with Gasteiger partial charge in [-0.1, -0.05) is 12.6 Å². The topological polar surface area (TPSA) is 118 Å². The fraction of sp³-hybridized carbons (Fsp3) is 0.300. The predicted octanol–water partition coefficient (Wildman–Crippen LogP) is 4.30. The first kappa shape index (κ1) is 31.3. The lowest BCUT2D eigenvalue weighted by Crippen LogP contribution is -2.54. The molecule has 0 radical (unpaired) electrons. The molecule has 1 saturated heterocycles. The summed E-state index contributed by atoms with van der Waals surface area (Å²) in [4.78, 5) is 41.5. The maximum atomic E-state index is 15.9. The number of piperazine rings is 1. The summed E-state index contributed by atoms with van der Waals surface area (Å²) in [6.07, 6.45) is -2.02. The molecule has 1 aliphatic heterocycles. The van der Waals surface area contributed by atoms with Crippen molar-refractivity contribution in [1.82, 2.24) is 24.4 Å². The molecule has 10 nitrogen and oxygen atoms in total. The molecule has 1 saturated carbocycles. The highest BCUT2D eigenvalue weighted by molar-refractivity contribution is 7.92. The van der Waals surface area contributed by atoms with Crippen molar-refractivity contribution >= 4 is 32.6 Å². The van der Waals surface area contributed by atoms with Crippen molar-refractivity contribution in [2.45, 2.75) is 42.3 Å². The van der Waals surface area contributed by atoms with Crippen LogP contribution in [0.1, 0.15) is 25.3 Å². The molecule has 16 heteroatoms. The third kappa shape index (κ3) is 5.29. The van der Waals surface area contributed by atoms with Crippen molar-refractivity contribution in [3.8, 4) is 16.9 Å². The number of alkyl halides is 3. The summed E-state index contributed by atoms with van der Waals surface area (Å²) in [5.74, 6) is -3.20. The number of sulfone groups is 1. The summed E-state index contributed by atoms with van der Waals surface area (Å²) in [6.45, 7) is 5.66. The van der Waals surface area contributed by atoms with Crippen molar-refractivity contribution < 1.29 is 35.2 Å². The van der Waals surface area contributed by atoms with Crippen molar-refractivity contribution in [3.05, 3.63) is 82.9 Å². The fourth-order valence-electron chi connectivity index (χ4n) is 5.63. The van der Waals surface area contributed by atoms with E-state index in [1.807, 2.05) is 0 Å². The van der Waals surface area contributed by atoms with Crippen molar-refractivity contribution in [1.29, 1.82) is 0 Å². The summed E-state index contributed by atoms with van der Waals surface area (Å²) in [5, 5.41) is -1.41. The monoisotopic (exact) mass is 660 g/mol. The van der Waals surface area contributed by atoms with Crippen LogP contribution >= 0.6 is 0 Å². The number of aromatic nitrogens is 4. The number of carbonyl (C=O) groups excluding carboxylic acids is 1. The quantitative estimate of drug-likeness (QED) is 0.222. The molecule has 1 aliphatic carbocycles. The number of halogens is 5. The maximum absolute atomic E-state index is 15.9. The normalized spacial score (nSPS) is 17.4. The second-order valence-electron chi connectivity index (χ2n) is 11.0. The maximum Gasteiger partial charge on any atom is 0.417 e. The van der Waals surface area contributed by atoms with Gasteiger partial charge in [-0.3, -0.25) is 4.79 Å². The number of fused-ring (bicyclic) bond motifs is 1. The fourth-order valence-corrected chi connectivity index (χ4v) is 7.36. The van der Waals surface area contributed by atoms with E-state index in [-0.39, 0.29) is 42.4 Å². The molecule has 2 aliphatic rings. The van der Waals surface area contributed by atoms with E-state index in [4.69, 9.17) is 0 Å². The number of hydrogen-bond acceptors (Lipinski definition) is 8. The molecule has 1 aromatic carbocycles. The Bertz CT molecular complexity index is 2080.